The number of aliphatic hydroxyl groups is 1. The van der Waals surface area contributed by atoms with Crippen LogP contribution in [0.5, 0.6) is 0 Å². The highest BCUT2D eigenvalue weighted by molar-refractivity contribution is 7.10. The van der Waals surface area contributed by atoms with Crippen LogP contribution in [-0.2, 0) is 6.54 Å². The van der Waals surface area contributed by atoms with Gasteiger partial charge in [0.2, 0.25) is 0 Å². The fourth-order valence-electron chi connectivity index (χ4n) is 1.65. The van der Waals surface area contributed by atoms with E-state index in [0.29, 0.717) is 18.7 Å². The van der Waals surface area contributed by atoms with Crippen molar-refractivity contribution in [3.63, 3.8) is 0 Å². The first-order valence-electron chi connectivity index (χ1n) is 6.20. The van der Waals surface area contributed by atoms with Gasteiger partial charge >= 0.3 is 0 Å². The van der Waals surface area contributed by atoms with Gasteiger partial charge in [0.25, 0.3) is 5.91 Å². The molecule has 0 aliphatic carbocycles. The molecule has 0 saturated heterocycles. The summed E-state index contributed by atoms with van der Waals surface area (Å²) in [5, 5.41) is 13.5. The Morgan fingerprint density at radius 3 is 3.05 bits per heavy atom. The van der Waals surface area contributed by atoms with E-state index in [2.05, 4.69) is 17.2 Å². The number of aryl methyl sites for hydroxylation is 1. The second-order valence-corrected chi connectivity index (χ2v) is 5.15. The molecule has 20 heavy (non-hydrogen) atoms. The van der Waals surface area contributed by atoms with Crippen molar-refractivity contribution in [1.29, 1.82) is 0 Å². The Balaban J connectivity index is 1.98. The summed E-state index contributed by atoms with van der Waals surface area (Å²) in [6.07, 6.45) is 1.95. The molecular weight excluding hydrogens is 274 g/mol. The highest BCUT2D eigenvalue weighted by atomic mass is 32.1. The van der Waals surface area contributed by atoms with Gasteiger partial charge in [-0.2, -0.15) is 0 Å². The van der Waals surface area contributed by atoms with Gasteiger partial charge in [-0.25, -0.2) is 0 Å². The lowest BCUT2D eigenvalue weighted by atomic mass is 10.2. The molecule has 104 valence electrons. The molecule has 0 fully saturated rings. The predicted molar refractivity (Wildman–Crippen MR) is 77.5 cm³/mol. The summed E-state index contributed by atoms with van der Waals surface area (Å²) in [7, 11) is 0. The fourth-order valence-corrected chi connectivity index (χ4v) is 2.42. The number of furan rings is 1. The van der Waals surface area contributed by atoms with Crippen molar-refractivity contribution >= 4 is 17.2 Å². The molecule has 4 nitrogen and oxygen atoms in total. The minimum Gasteiger partial charge on any atom is -0.459 e. The average molecular weight is 289 g/mol. The summed E-state index contributed by atoms with van der Waals surface area (Å²) in [5.41, 5.74) is 1.71. The van der Waals surface area contributed by atoms with Gasteiger partial charge in [-0.3, -0.25) is 4.79 Å². The summed E-state index contributed by atoms with van der Waals surface area (Å²) < 4.78 is 5.14. The average Bonchev–Trinajstić information content (AvgIpc) is 3.05. The zero-order valence-corrected chi connectivity index (χ0v) is 11.9. The Hall–Kier alpha value is -2.03. The van der Waals surface area contributed by atoms with Crippen LogP contribution in [0, 0.1) is 18.8 Å². The van der Waals surface area contributed by atoms with Crippen molar-refractivity contribution in [2.45, 2.75) is 19.9 Å². The van der Waals surface area contributed by atoms with Crippen LogP contribution < -0.4 is 5.32 Å². The normalized spacial score (nSPS) is 9.90. The standard InChI is InChI=1S/C15H15NO3S/c1-11-5-8-19-14(11)15(18)16-10-13-12(6-9-20-13)4-2-3-7-17/h5-6,8-9,17H,3,7,10H2,1H3,(H,16,18). The molecule has 0 atom stereocenters. The van der Waals surface area contributed by atoms with Crippen LogP contribution in [0.1, 0.15) is 33.0 Å². The second-order valence-electron chi connectivity index (χ2n) is 4.15. The van der Waals surface area contributed by atoms with Gasteiger partial charge < -0.3 is 14.8 Å². The molecule has 0 unspecified atom stereocenters. The quantitative estimate of drug-likeness (QED) is 0.849. The van der Waals surface area contributed by atoms with Crippen LogP contribution in [0.2, 0.25) is 0 Å². The van der Waals surface area contributed by atoms with E-state index in [0.717, 1.165) is 16.0 Å². The number of carbonyl (C=O) groups excluding carboxylic acids is 1. The van der Waals surface area contributed by atoms with E-state index in [4.69, 9.17) is 9.52 Å². The summed E-state index contributed by atoms with van der Waals surface area (Å²) in [6.45, 7) is 2.30. The first-order chi connectivity index (χ1) is 9.72. The lowest BCUT2D eigenvalue weighted by Gasteiger charge is -2.02. The van der Waals surface area contributed by atoms with Gasteiger partial charge in [-0.05, 0) is 24.4 Å². The third-order valence-electron chi connectivity index (χ3n) is 2.68. The van der Waals surface area contributed by atoms with Crippen LogP contribution in [0.15, 0.2) is 28.2 Å². The number of thiophene rings is 1. The number of hydrogen-bond acceptors (Lipinski definition) is 4. The molecule has 0 radical (unpaired) electrons. The lowest BCUT2D eigenvalue weighted by molar-refractivity contribution is 0.0922. The number of carbonyl (C=O) groups is 1. The summed E-state index contributed by atoms with van der Waals surface area (Å²) >= 11 is 1.54. The summed E-state index contributed by atoms with van der Waals surface area (Å²) in [5.74, 6) is 5.98. The van der Waals surface area contributed by atoms with Crippen LogP contribution in [0.25, 0.3) is 0 Å². The lowest BCUT2D eigenvalue weighted by Crippen LogP contribution is -2.22. The number of aliphatic hydroxyl groups excluding tert-OH is 1. The molecule has 0 aliphatic rings. The molecule has 2 N–H and O–H groups in total. The van der Waals surface area contributed by atoms with Crippen LogP contribution in [0.4, 0.5) is 0 Å². The van der Waals surface area contributed by atoms with E-state index >= 15 is 0 Å². The van der Waals surface area contributed by atoms with E-state index in [1.807, 2.05) is 18.4 Å². The van der Waals surface area contributed by atoms with Gasteiger partial charge in [0.15, 0.2) is 5.76 Å². The third-order valence-corrected chi connectivity index (χ3v) is 3.60. The SMILES string of the molecule is Cc1ccoc1C(=O)NCc1sccc1C#CCCO. The van der Waals surface area contributed by atoms with Gasteiger partial charge in [-0.15, -0.1) is 11.3 Å². The summed E-state index contributed by atoms with van der Waals surface area (Å²) in [4.78, 5) is 12.9. The Morgan fingerprint density at radius 2 is 2.35 bits per heavy atom. The minimum atomic E-state index is -0.227. The molecule has 0 bridgehead atoms. The molecular formula is C15H15NO3S. The number of nitrogens with one attached hydrogen (secondary N) is 1. The first kappa shape index (κ1) is 14.4. The number of amides is 1. The van der Waals surface area contributed by atoms with E-state index in [-0.39, 0.29) is 12.5 Å². The monoisotopic (exact) mass is 289 g/mol. The van der Waals surface area contributed by atoms with Gasteiger partial charge in [0.05, 0.1) is 19.4 Å². The third kappa shape index (κ3) is 3.50. The molecule has 2 aromatic heterocycles. The molecule has 0 saturated carbocycles. The maximum absolute atomic E-state index is 11.9. The largest absolute Gasteiger partial charge is 0.459 e. The minimum absolute atomic E-state index is 0.0565. The van der Waals surface area contributed by atoms with Crippen molar-refractivity contribution in [2.24, 2.45) is 0 Å². The van der Waals surface area contributed by atoms with Gasteiger partial charge in [-0.1, -0.05) is 11.8 Å². The molecule has 0 spiro atoms. The first-order valence-corrected chi connectivity index (χ1v) is 7.08. The van der Waals surface area contributed by atoms with Crippen molar-refractivity contribution in [2.75, 3.05) is 6.61 Å². The number of hydrogen-bond donors (Lipinski definition) is 2. The van der Waals surface area contributed by atoms with Crippen LogP contribution in [-0.4, -0.2) is 17.6 Å². The van der Waals surface area contributed by atoms with E-state index in [1.54, 1.807) is 17.4 Å². The Kier molecular flexibility index (Phi) is 4.99. The highest BCUT2D eigenvalue weighted by Gasteiger charge is 2.12. The topological polar surface area (TPSA) is 62.5 Å². The molecule has 2 rings (SSSR count). The predicted octanol–water partition coefficient (Wildman–Crippen LogP) is 2.31. The van der Waals surface area contributed by atoms with Gasteiger partial charge in [0, 0.05) is 22.4 Å². The zero-order valence-electron chi connectivity index (χ0n) is 11.1. The molecule has 2 heterocycles. The Labute approximate surface area is 121 Å². The second kappa shape index (κ2) is 6.94. The smallest absolute Gasteiger partial charge is 0.287 e. The van der Waals surface area contributed by atoms with E-state index < -0.39 is 0 Å². The molecule has 5 heteroatoms. The van der Waals surface area contributed by atoms with Crippen LogP contribution in [0.3, 0.4) is 0 Å². The zero-order chi connectivity index (χ0) is 14.4. The molecule has 0 aliphatic heterocycles. The molecule has 1 amide bonds. The van der Waals surface area contributed by atoms with Crippen molar-refractivity contribution in [1.82, 2.24) is 5.32 Å². The maximum Gasteiger partial charge on any atom is 0.287 e. The fraction of sp³-hybridized carbons (Fsp3) is 0.267. The van der Waals surface area contributed by atoms with Crippen molar-refractivity contribution in [3.05, 3.63) is 45.5 Å². The summed E-state index contributed by atoms with van der Waals surface area (Å²) in [6, 6.07) is 3.67. The van der Waals surface area contributed by atoms with E-state index in [9.17, 15) is 4.79 Å². The van der Waals surface area contributed by atoms with Crippen molar-refractivity contribution < 1.29 is 14.3 Å². The molecule has 2 aromatic rings. The van der Waals surface area contributed by atoms with Crippen molar-refractivity contribution in [3.8, 4) is 11.8 Å². The maximum atomic E-state index is 11.9. The number of rotatable bonds is 4. The van der Waals surface area contributed by atoms with Gasteiger partial charge in [0.1, 0.15) is 0 Å². The molecule has 0 aromatic carbocycles. The van der Waals surface area contributed by atoms with E-state index in [1.165, 1.54) is 6.26 Å². The highest BCUT2D eigenvalue weighted by Crippen LogP contribution is 2.16. The Morgan fingerprint density at radius 1 is 1.50 bits per heavy atom. The van der Waals surface area contributed by atoms with Crippen LogP contribution >= 0.6 is 11.3 Å². The Bertz CT molecular complexity index is 645.